The third-order valence-electron chi connectivity index (χ3n) is 5.76. The van der Waals surface area contributed by atoms with Crippen molar-refractivity contribution in [2.75, 3.05) is 6.54 Å². The number of nitrogens with zero attached hydrogens (tertiary/aromatic N) is 4. The van der Waals surface area contributed by atoms with E-state index in [2.05, 4.69) is 19.9 Å². The number of halogens is 4. The first-order valence-electron chi connectivity index (χ1n) is 11.0. The largest absolute Gasteiger partial charge is 0.439 e. The molecule has 0 N–H and O–H groups in total. The molecule has 1 aliphatic rings. The maximum atomic E-state index is 12.8. The van der Waals surface area contributed by atoms with Crippen LogP contribution >= 0.6 is 11.6 Å². The van der Waals surface area contributed by atoms with E-state index >= 15 is 0 Å². The molecule has 2 aromatic heterocycles. The Morgan fingerprint density at radius 3 is 2.49 bits per heavy atom. The number of hydrogen-bond donors (Lipinski definition) is 0. The molecular weight excluding hydrogens is 477 g/mol. The summed E-state index contributed by atoms with van der Waals surface area (Å²) in [5.41, 5.74) is 2.73. The zero-order valence-electron chi connectivity index (χ0n) is 18.5. The van der Waals surface area contributed by atoms with Gasteiger partial charge >= 0.3 is 6.18 Å². The summed E-state index contributed by atoms with van der Waals surface area (Å²) in [6, 6.07) is 15.9. The molecule has 0 unspecified atom stereocenters. The summed E-state index contributed by atoms with van der Waals surface area (Å²) in [6.07, 6.45) is -0.210. The van der Waals surface area contributed by atoms with Gasteiger partial charge in [0, 0.05) is 60.2 Å². The third kappa shape index (κ3) is 5.44. The fourth-order valence-electron chi connectivity index (χ4n) is 3.95. The molecule has 0 amide bonds. The number of pyridine rings is 1. The highest BCUT2D eigenvalue weighted by atomic mass is 35.5. The molecule has 9 heteroatoms. The Morgan fingerprint density at radius 1 is 0.971 bits per heavy atom. The van der Waals surface area contributed by atoms with Gasteiger partial charge in [0.05, 0.1) is 11.3 Å². The minimum atomic E-state index is -4.37. The molecule has 0 atom stereocenters. The van der Waals surface area contributed by atoms with Crippen LogP contribution in [0.1, 0.15) is 22.4 Å². The highest BCUT2D eigenvalue weighted by Gasteiger charge is 2.30. The summed E-state index contributed by atoms with van der Waals surface area (Å²) in [4.78, 5) is 15.7. The van der Waals surface area contributed by atoms with Crippen LogP contribution in [0.3, 0.4) is 0 Å². The molecule has 178 valence electrons. The number of hydrogen-bond acceptors (Lipinski definition) is 5. The quantitative estimate of drug-likeness (QED) is 0.313. The van der Waals surface area contributed by atoms with Crippen molar-refractivity contribution in [2.24, 2.45) is 0 Å². The average Bonchev–Trinajstić information content (AvgIpc) is 2.86. The van der Waals surface area contributed by atoms with E-state index in [9.17, 15) is 13.2 Å². The second-order valence-corrected chi connectivity index (χ2v) is 8.66. The highest BCUT2D eigenvalue weighted by Crippen LogP contribution is 2.31. The lowest BCUT2D eigenvalue weighted by molar-refractivity contribution is -0.137. The van der Waals surface area contributed by atoms with Gasteiger partial charge < -0.3 is 4.74 Å². The zero-order chi connectivity index (χ0) is 24.4. The van der Waals surface area contributed by atoms with Crippen molar-refractivity contribution < 1.29 is 17.9 Å². The normalized spacial score (nSPS) is 13.9. The Morgan fingerprint density at radius 2 is 1.74 bits per heavy atom. The Bertz CT molecular complexity index is 1330. The molecule has 4 aromatic rings. The molecule has 0 radical (unpaired) electrons. The van der Waals surface area contributed by atoms with E-state index in [1.165, 1.54) is 12.1 Å². The first kappa shape index (κ1) is 23.3. The molecule has 0 fully saturated rings. The molecular formula is C26H20ClF3N4O. The first-order valence-corrected chi connectivity index (χ1v) is 11.3. The summed E-state index contributed by atoms with van der Waals surface area (Å²) < 4.78 is 44.5. The molecule has 1 aliphatic heterocycles. The van der Waals surface area contributed by atoms with Crippen LogP contribution in [0.15, 0.2) is 73.1 Å². The van der Waals surface area contributed by atoms with E-state index in [-0.39, 0.29) is 0 Å². The number of benzene rings is 2. The Balaban J connectivity index is 1.29. The fourth-order valence-corrected chi connectivity index (χ4v) is 4.07. The van der Waals surface area contributed by atoms with E-state index in [0.29, 0.717) is 47.6 Å². The minimum absolute atomic E-state index is 0.428. The molecule has 5 nitrogen and oxygen atoms in total. The molecule has 0 bridgehead atoms. The predicted molar refractivity (Wildman–Crippen MR) is 126 cm³/mol. The van der Waals surface area contributed by atoms with E-state index in [4.69, 9.17) is 16.3 Å². The van der Waals surface area contributed by atoms with E-state index in [1.807, 2.05) is 12.1 Å². The average molecular weight is 497 g/mol. The lowest BCUT2D eigenvalue weighted by atomic mass is 10.1. The van der Waals surface area contributed by atoms with Gasteiger partial charge in [0.15, 0.2) is 5.82 Å². The topological polar surface area (TPSA) is 51.1 Å². The van der Waals surface area contributed by atoms with Crippen molar-refractivity contribution in [1.82, 2.24) is 19.9 Å². The SMILES string of the molecule is FC(F)(F)c1ccc(-c2ncc3c(n2)CCN(Cc2cccnc2Oc2ccc(Cl)cc2)C3)cc1. The molecule has 0 spiro atoms. The maximum absolute atomic E-state index is 12.8. The van der Waals surface area contributed by atoms with Crippen molar-refractivity contribution in [2.45, 2.75) is 25.7 Å². The molecule has 0 saturated heterocycles. The minimum Gasteiger partial charge on any atom is -0.439 e. The van der Waals surface area contributed by atoms with E-state index in [0.717, 1.165) is 35.5 Å². The van der Waals surface area contributed by atoms with Gasteiger partial charge in [-0.2, -0.15) is 13.2 Å². The molecule has 35 heavy (non-hydrogen) atoms. The van der Waals surface area contributed by atoms with E-state index in [1.54, 1.807) is 36.7 Å². The summed E-state index contributed by atoms with van der Waals surface area (Å²) in [6.45, 7) is 2.06. The van der Waals surface area contributed by atoms with Crippen LogP contribution < -0.4 is 4.74 Å². The van der Waals surface area contributed by atoms with Crippen molar-refractivity contribution in [3.8, 4) is 23.0 Å². The monoisotopic (exact) mass is 496 g/mol. The van der Waals surface area contributed by atoms with Gasteiger partial charge in [0.25, 0.3) is 0 Å². The van der Waals surface area contributed by atoms with Crippen LogP contribution in [0.4, 0.5) is 13.2 Å². The molecule has 5 rings (SSSR count). The Kier molecular flexibility index (Phi) is 6.40. The summed E-state index contributed by atoms with van der Waals surface area (Å²) >= 11 is 5.95. The Hall–Kier alpha value is -3.49. The van der Waals surface area contributed by atoms with Crippen LogP contribution in [0.25, 0.3) is 11.4 Å². The van der Waals surface area contributed by atoms with E-state index < -0.39 is 11.7 Å². The second kappa shape index (κ2) is 9.64. The lowest BCUT2D eigenvalue weighted by Crippen LogP contribution is -2.31. The van der Waals surface area contributed by atoms with Gasteiger partial charge in [-0.25, -0.2) is 15.0 Å². The van der Waals surface area contributed by atoms with Gasteiger partial charge in [0.1, 0.15) is 5.75 Å². The summed E-state index contributed by atoms with van der Waals surface area (Å²) in [5, 5.41) is 0.634. The predicted octanol–water partition coefficient (Wildman–Crippen LogP) is 6.56. The number of rotatable bonds is 5. The first-order chi connectivity index (χ1) is 16.8. The standard InChI is InChI=1S/C26H20ClF3N4O/c27-21-7-9-22(10-8-21)35-25-18(2-1-12-31-25)15-34-13-11-23-19(16-34)14-32-24(33-23)17-3-5-20(6-4-17)26(28,29)30/h1-10,12,14H,11,13,15-16H2. The lowest BCUT2D eigenvalue weighted by Gasteiger charge is -2.28. The third-order valence-corrected chi connectivity index (χ3v) is 6.01. The maximum Gasteiger partial charge on any atom is 0.416 e. The molecule has 3 heterocycles. The van der Waals surface area contributed by atoms with Gasteiger partial charge in [0.2, 0.25) is 5.88 Å². The highest BCUT2D eigenvalue weighted by molar-refractivity contribution is 6.30. The number of fused-ring (bicyclic) bond motifs is 1. The van der Waals surface area contributed by atoms with Crippen molar-refractivity contribution in [3.05, 3.63) is 100 Å². The van der Waals surface area contributed by atoms with Crippen LogP contribution in [0.5, 0.6) is 11.6 Å². The fraction of sp³-hybridized carbons (Fsp3) is 0.192. The van der Waals surface area contributed by atoms with Gasteiger partial charge in [-0.3, -0.25) is 4.90 Å². The van der Waals surface area contributed by atoms with Crippen LogP contribution in [-0.4, -0.2) is 26.4 Å². The smallest absolute Gasteiger partial charge is 0.416 e. The van der Waals surface area contributed by atoms with Gasteiger partial charge in [-0.05, 0) is 42.5 Å². The molecule has 0 aliphatic carbocycles. The van der Waals surface area contributed by atoms with Crippen molar-refractivity contribution in [1.29, 1.82) is 0 Å². The summed E-state index contributed by atoms with van der Waals surface area (Å²) in [5.74, 6) is 1.62. The number of aromatic nitrogens is 3. The second-order valence-electron chi connectivity index (χ2n) is 8.22. The number of ether oxygens (including phenoxy) is 1. The van der Waals surface area contributed by atoms with Crippen LogP contribution in [-0.2, 0) is 25.7 Å². The Labute approximate surface area is 205 Å². The molecule has 0 saturated carbocycles. The van der Waals surface area contributed by atoms with Crippen LogP contribution in [0, 0.1) is 0 Å². The van der Waals surface area contributed by atoms with Crippen molar-refractivity contribution in [3.63, 3.8) is 0 Å². The number of alkyl halides is 3. The van der Waals surface area contributed by atoms with Gasteiger partial charge in [-0.15, -0.1) is 0 Å². The van der Waals surface area contributed by atoms with Gasteiger partial charge in [-0.1, -0.05) is 29.8 Å². The zero-order valence-corrected chi connectivity index (χ0v) is 19.2. The van der Waals surface area contributed by atoms with Crippen molar-refractivity contribution >= 4 is 11.6 Å². The van der Waals surface area contributed by atoms with Crippen LogP contribution in [0.2, 0.25) is 5.02 Å². The summed E-state index contributed by atoms with van der Waals surface area (Å²) in [7, 11) is 0. The molecule has 2 aromatic carbocycles.